The quantitative estimate of drug-likeness (QED) is 0.820. The maximum Gasteiger partial charge on any atom is 0.407 e. The molecule has 0 heterocycles. The second-order valence-electron chi connectivity index (χ2n) is 7.04. The number of hydrogen-bond donors (Lipinski definition) is 1. The van der Waals surface area contributed by atoms with E-state index in [1.54, 1.807) is 0 Å². The van der Waals surface area contributed by atoms with Crippen LogP contribution in [0.1, 0.15) is 54.4 Å². The molecule has 0 radical (unpaired) electrons. The van der Waals surface area contributed by atoms with Crippen LogP contribution in [-0.4, -0.2) is 18.7 Å². The lowest BCUT2D eigenvalue weighted by Gasteiger charge is -2.53. The average molecular weight is 241 g/mol. The second-order valence-corrected chi connectivity index (χ2v) is 7.04. The molecule has 0 saturated heterocycles. The first-order chi connectivity index (χ1) is 7.65. The van der Waals surface area contributed by atoms with Crippen LogP contribution >= 0.6 is 0 Å². The molecule has 1 aliphatic rings. The Morgan fingerprint density at radius 2 is 2.00 bits per heavy atom. The summed E-state index contributed by atoms with van der Waals surface area (Å²) in [4.78, 5) is 11.4. The first kappa shape index (κ1) is 14.3. The molecule has 1 rings (SSSR count). The topological polar surface area (TPSA) is 38.3 Å². The molecule has 1 amide bonds. The highest BCUT2D eigenvalue weighted by Gasteiger charge is 2.49. The van der Waals surface area contributed by atoms with E-state index in [-0.39, 0.29) is 12.1 Å². The van der Waals surface area contributed by atoms with Crippen molar-refractivity contribution in [1.29, 1.82) is 0 Å². The van der Waals surface area contributed by atoms with Crippen molar-refractivity contribution in [1.82, 2.24) is 5.32 Å². The smallest absolute Gasteiger partial charge is 0.407 e. The summed E-state index contributed by atoms with van der Waals surface area (Å²) in [6, 6.07) is 0.281. The van der Waals surface area contributed by atoms with Gasteiger partial charge in [0.1, 0.15) is 0 Å². The van der Waals surface area contributed by atoms with Gasteiger partial charge < -0.3 is 10.1 Å². The predicted octanol–water partition coefficient (Wildman–Crippen LogP) is 3.58. The van der Waals surface area contributed by atoms with E-state index in [0.717, 1.165) is 12.8 Å². The van der Waals surface area contributed by atoms with Gasteiger partial charge in [0, 0.05) is 6.04 Å². The Kier molecular flexibility index (Phi) is 4.11. The third-order valence-electron chi connectivity index (χ3n) is 3.65. The van der Waals surface area contributed by atoms with Crippen LogP contribution < -0.4 is 5.32 Å². The van der Waals surface area contributed by atoms with Crippen molar-refractivity contribution in [3.8, 4) is 0 Å². The summed E-state index contributed by atoms with van der Waals surface area (Å²) < 4.78 is 4.94. The summed E-state index contributed by atoms with van der Waals surface area (Å²) in [6.45, 7) is 13.6. The van der Waals surface area contributed by atoms with Gasteiger partial charge in [-0.15, -0.1) is 0 Å². The van der Waals surface area contributed by atoms with Gasteiger partial charge in [0.2, 0.25) is 0 Å². The minimum Gasteiger partial charge on any atom is -0.450 e. The van der Waals surface area contributed by atoms with E-state index in [1.165, 1.54) is 0 Å². The van der Waals surface area contributed by atoms with Crippen molar-refractivity contribution in [2.24, 2.45) is 16.7 Å². The van der Waals surface area contributed by atoms with E-state index in [9.17, 15) is 4.79 Å². The van der Waals surface area contributed by atoms with Crippen molar-refractivity contribution >= 4 is 6.09 Å². The molecule has 1 aliphatic carbocycles. The lowest BCUT2D eigenvalue weighted by molar-refractivity contribution is -0.00834. The number of ether oxygens (including phenoxy) is 1. The fourth-order valence-electron chi connectivity index (χ4n) is 2.80. The van der Waals surface area contributed by atoms with Gasteiger partial charge in [-0.05, 0) is 36.5 Å². The molecule has 1 N–H and O–H groups in total. The van der Waals surface area contributed by atoms with Gasteiger partial charge in [-0.1, -0.05) is 34.6 Å². The van der Waals surface area contributed by atoms with Crippen LogP contribution in [0.15, 0.2) is 0 Å². The molecule has 100 valence electrons. The number of rotatable bonds is 3. The highest BCUT2D eigenvalue weighted by atomic mass is 16.5. The SMILES string of the molecule is CCOC(=O)NC1CC(C)(C)C1CC(C)(C)C. The second kappa shape index (κ2) is 4.87. The van der Waals surface area contributed by atoms with Crippen LogP contribution in [0.4, 0.5) is 4.79 Å². The van der Waals surface area contributed by atoms with Crippen LogP contribution in [0.25, 0.3) is 0 Å². The summed E-state index contributed by atoms with van der Waals surface area (Å²) in [6.07, 6.45) is 1.91. The maximum atomic E-state index is 11.4. The lowest BCUT2D eigenvalue weighted by atomic mass is 9.55. The van der Waals surface area contributed by atoms with Crippen molar-refractivity contribution in [3.63, 3.8) is 0 Å². The van der Waals surface area contributed by atoms with Gasteiger partial charge in [-0.25, -0.2) is 4.79 Å². The Labute approximate surface area is 105 Å². The number of hydrogen-bond acceptors (Lipinski definition) is 2. The normalized spacial score (nSPS) is 27.2. The molecule has 0 aromatic carbocycles. The van der Waals surface area contributed by atoms with Crippen LogP contribution in [0.5, 0.6) is 0 Å². The van der Waals surface area contributed by atoms with E-state index in [2.05, 4.69) is 39.9 Å². The highest BCUT2D eigenvalue weighted by Crippen LogP contribution is 2.50. The van der Waals surface area contributed by atoms with Crippen LogP contribution in [0.3, 0.4) is 0 Å². The minimum atomic E-state index is -0.271. The Morgan fingerprint density at radius 3 is 2.41 bits per heavy atom. The van der Waals surface area contributed by atoms with Crippen molar-refractivity contribution in [2.45, 2.75) is 60.4 Å². The molecule has 0 aromatic heterocycles. The molecular weight excluding hydrogens is 214 g/mol. The third kappa shape index (κ3) is 3.90. The number of amides is 1. The Hall–Kier alpha value is -0.730. The van der Waals surface area contributed by atoms with Gasteiger partial charge in [0.25, 0.3) is 0 Å². The van der Waals surface area contributed by atoms with Crippen molar-refractivity contribution < 1.29 is 9.53 Å². The summed E-state index contributed by atoms with van der Waals surface area (Å²) >= 11 is 0. The largest absolute Gasteiger partial charge is 0.450 e. The van der Waals surface area contributed by atoms with E-state index >= 15 is 0 Å². The fraction of sp³-hybridized carbons (Fsp3) is 0.929. The molecule has 3 nitrogen and oxygen atoms in total. The van der Waals surface area contributed by atoms with Crippen molar-refractivity contribution in [3.05, 3.63) is 0 Å². The standard InChI is InChI=1S/C14H27NO2/c1-7-17-12(16)15-11-9-14(5,6)10(11)8-13(2,3)4/h10-11H,7-9H2,1-6H3,(H,15,16). The number of carbonyl (C=O) groups is 1. The molecule has 0 aromatic rings. The Balaban J connectivity index is 2.54. The van der Waals surface area contributed by atoms with Gasteiger partial charge in [0.05, 0.1) is 6.61 Å². The van der Waals surface area contributed by atoms with Gasteiger partial charge in [-0.3, -0.25) is 0 Å². The Bertz CT molecular complexity index is 278. The molecule has 1 fully saturated rings. The van der Waals surface area contributed by atoms with E-state index in [0.29, 0.717) is 23.4 Å². The van der Waals surface area contributed by atoms with Gasteiger partial charge in [-0.2, -0.15) is 0 Å². The summed E-state index contributed by atoms with van der Waals surface area (Å²) in [7, 11) is 0. The van der Waals surface area contributed by atoms with E-state index in [4.69, 9.17) is 4.74 Å². The molecular formula is C14H27NO2. The van der Waals surface area contributed by atoms with Crippen LogP contribution in [0.2, 0.25) is 0 Å². The third-order valence-corrected chi connectivity index (χ3v) is 3.65. The highest BCUT2D eigenvalue weighted by molar-refractivity contribution is 5.67. The van der Waals surface area contributed by atoms with E-state index < -0.39 is 0 Å². The van der Waals surface area contributed by atoms with Crippen molar-refractivity contribution in [2.75, 3.05) is 6.61 Å². The van der Waals surface area contributed by atoms with Gasteiger partial charge >= 0.3 is 6.09 Å². The number of carbonyl (C=O) groups excluding carboxylic acids is 1. The monoisotopic (exact) mass is 241 g/mol. The molecule has 0 spiro atoms. The molecule has 2 atom stereocenters. The minimum absolute atomic E-state index is 0.271. The molecule has 1 saturated carbocycles. The van der Waals surface area contributed by atoms with Crippen LogP contribution in [0, 0.1) is 16.7 Å². The summed E-state index contributed by atoms with van der Waals surface area (Å²) in [5.41, 5.74) is 0.633. The summed E-state index contributed by atoms with van der Waals surface area (Å²) in [5.74, 6) is 0.548. The maximum absolute atomic E-state index is 11.4. The molecule has 17 heavy (non-hydrogen) atoms. The zero-order valence-corrected chi connectivity index (χ0v) is 12.1. The first-order valence-corrected chi connectivity index (χ1v) is 6.59. The zero-order valence-electron chi connectivity index (χ0n) is 12.1. The Morgan fingerprint density at radius 1 is 1.41 bits per heavy atom. The van der Waals surface area contributed by atoms with E-state index in [1.807, 2.05) is 6.92 Å². The number of alkyl carbamates (subject to hydrolysis) is 1. The summed E-state index contributed by atoms with van der Waals surface area (Å²) in [5, 5.41) is 2.98. The molecule has 2 unspecified atom stereocenters. The zero-order chi connectivity index (χ0) is 13.3. The molecule has 3 heteroatoms. The van der Waals surface area contributed by atoms with Gasteiger partial charge in [0.15, 0.2) is 0 Å². The molecule has 0 bridgehead atoms. The average Bonchev–Trinajstić information content (AvgIpc) is 2.12. The van der Waals surface area contributed by atoms with Crippen LogP contribution in [-0.2, 0) is 4.74 Å². The lowest BCUT2D eigenvalue weighted by Crippen LogP contribution is -2.57. The molecule has 0 aliphatic heterocycles. The fourth-order valence-corrected chi connectivity index (χ4v) is 2.80. The number of nitrogens with one attached hydrogen (secondary N) is 1. The predicted molar refractivity (Wildman–Crippen MR) is 69.9 cm³/mol. The first-order valence-electron chi connectivity index (χ1n) is 6.59.